The van der Waals surface area contributed by atoms with Gasteiger partial charge in [-0.1, -0.05) is 12.1 Å². The number of pyridine rings is 1. The van der Waals surface area contributed by atoms with Gasteiger partial charge < -0.3 is 5.32 Å². The average Bonchev–Trinajstić information content (AvgIpc) is 3.28. The van der Waals surface area contributed by atoms with Gasteiger partial charge >= 0.3 is 0 Å². The number of nitrogens with zero attached hydrogens (tertiary/aromatic N) is 4. The first kappa shape index (κ1) is 23.1. The van der Waals surface area contributed by atoms with Gasteiger partial charge in [0.2, 0.25) is 5.91 Å². The van der Waals surface area contributed by atoms with Crippen molar-refractivity contribution in [2.24, 2.45) is 0 Å². The molecule has 0 aliphatic rings. The van der Waals surface area contributed by atoms with Gasteiger partial charge in [0.15, 0.2) is 0 Å². The maximum absolute atomic E-state index is 14.8. The number of halogens is 3. The Labute approximate surface area is 193 Å². The normalized spacial score (nSPS) is 11.4. The minimum absolute atomic E-state index is 0.136. The Bertz CT molecular complexity index is 1300. The molecule has 10 heteroatoms. The summed E-state index contributed by atoms with van der Waals surface area (Å²) in [6.07, 6.45) is 8.18. The summed E-state index contributed by atoms with van der Waals surface area (Å²) in [5.74, 6) is -3.51. The minimum Gasteiger partial charge on any atom is -0.324 e. The summed E-state index contributed by atoms with van der Waals surface area (Å²) in [6, 6.07) is 5.62. The molecule has 7 nitrogen and oxygen atoms in total. The van der Waals surface area contributed by atoms with Gasteiger partial charge in [-0.15, -0.1) is 0 Å². The number of anilines is 1. The molecule has 0 fully saturated rings. The van der Waals surface area contributed by atoms with E-state index in [1.807, 2.05) is 0 Å². The largest absolute Gasteiger partial charge is 0.324 e. The van der Waals surface area contributed by atoms with Crippen LogP contribution in [0.5, 0.6) is 0 Å². The van der Waals surface area contributed by atoms with E-state index in [4.69, 9.17) is 0 Å². The SMILES string of the molecule is Cc1ncc(NC(=O)Cc2ccc(-c3cnc(Cc4cn[nH]c4)nc3)c(F)c2)cc1C(C)(F)F. The first-order chi connectivity index (χ1) is 16.2. The first-order valence-corrected chi connectivity index (χ1v) is 10.4. The number of benzene rings is 1. The number of hydrogen-bond acceptors (Lipinski definition) is 5. The fourth-order valence-electron chi connectivity index (χ4n) is 3.48. The Morgan fingerprint density at radius 3 is 2.47 bits per heavy atom. The molecule has 2 N–H and O–H groups in total. The third-order valence-electron chi connectivity index (χ3n) is 5.18. The summed E-state index contributed by atoms with van der Waals surface area (Å²) in [5.41, 5.74) is 2.23. The lowest BCUT2D eigenvalue weighted by Crippen LogP contribution is -2.17. The van der Waals surface area contributed by atoms with Gasteiger partial charge in [0, 0.05) is 54.3 Å². The molecule has 0 aliphatic carbocycles. The summed E-state index contributed by atoms with van der Waals surface area (Å²) < 4.78 is 42.2. The molecule has 0 atom stereocenters. The Balaban J connectivity index is 1.43. The minimum atomic E-state index is -3.09. The lowest BCUT2D eigenvalue weighted by atomic mass is 10.0. The number of nitrogens with one attached hydrogen (secondary N) is 2. The summed E-state index contributed by atoms with van der Waals surface area (Å²) in [6.45, 7) is 2.24. The highest BCUT2D eigenvalue weighted by molar-refractivity contribution is 5.92. The quantitative estimate of drug-likeness (QED) is 0.415. The number of carbonyl (C=O) groups is 1. The Morgan fingerprint density at radius 1 is 1.06 bits per heavy atom. The molecule has 34 heavy (non-hydrogen) atoms. The zero-order valence-electron chi connectivity index (χ0n) is 18.4. The van der Waals surface area contributed by atoms with Crippen molar-refractivity contribution in [3.8, 4) is 11.1 Å². The lowest BCUT2D eigenvalue weighted by Gasteiger charge is -2.15. The van der Waals surface area contributed by atoms with Crippen LogP contribution in [-0.4, -0.2) is 31.1 Å². The zero-order chi connectivity index (χ0) is 24.3. The summed E-state index contributed by atoms with van der Waals surface area (Å²) in [7, 11) is 0. The van der Waals surface area contributed by atoms with Gasteiger partial charge in [0.1, 0.15) is 11.6 Å². The zero-order valence-corrected chi connectivity index (χ0v) is 18.4. The topological polar surface area (TPSA) is 96.5 Å². The molecule has 0 saturated heterocycles. The van der Waals surface area contributed by atoms with E-state index in [1.165, 1.54) is 25.3 Å². The van der Waals surface area contributed by atoms with Crippen LogP contribution in [-0.2, 0) is 23.6 Å². The van der Waals surface area contributed by atoms with E-state index in [1.54, 1.807) is 36.9 Å². The van der Waals surface area contributed by atoms with E-state index in [2.05, 4.69) is 30.5 Å². The maximum Gasteiger partial charge on any atom is 0.272 e. The van der Waals surface area contributed by atoms with Crippen molar-refractivity contribution in [2.75, 3.05) is 5.32 Å². The van der Waals surface area contributed by atoms with E-state index >= 15 is 0 Å². The second-order valence-electron chi connectivity index (χ2n) is 7.96. The van der Waals surface area contributed by atoms with Gasteiger partial charge in [-0.25, -0.2) is 23.1 Å². The molecule has 1 aromatic carbocycles. The second kappa shape index (κ2) is 9.42. The molecule has 0 saturated carbocycles. The van der Waals surface area contributed by atoms with Gasteiger partial charge in [0.25, 0.3) is 5.92 Å². The van der Waals surface area contributed by atoms with Crippen LogP contribution in [0.1, 0.15) is 35.1 Å². The number of aryl methyl sites for hydroxylation is 1. The third kappa shape index (κ3) is 5.45. The van der Waals surface area contributed by atoms with Crippen molar-refractivity contribution >= 4 is 11.6 Å². The Morgan fingerprint density at radius 2 is 1.82 bits per heavy atom. The number of alkyl halides is 2. The molecule has 1 amide bonds. The van der Waals surface area contributed by atoms with Crippen molar-refractivity contribution in [1.82, 2.24) is 25.1 Å². The van der Waals surface area contributed by atoms with Crippen molar-refractivity contribution in [3.05, 3.63) is 89.3 Å². The van der Waals surface area contributed by atoms with Crippen molar-refractivity contribution in [3.63, 3.8) is 0 Å². The fourth-order valence-corrected chi connectivity index (χ4v) is 3.48. The van der Waals surface area contributed by atoms with E-state index in [0.29, 0.717) is 28.9 Å². The molecule has 0 aliphatic heterocycles. The van der Waals surface area contributed by atoms with Crippen LogP contribution in [0.4, 0.5) is 18.9 Å². The summed E-state index contributed by atoms with van der Waals surface area (Å²) >= 11 is 0. The number of carbonyl (C=O) groups excluding carboxylic acids is 1. The second-order valence-corrected chi connectivity index (χ2v) is 7.96. The molecule has 0 bridgehead atoms. The van der Waals surface area contributed by atoms with Crippen LogP contribution in [0.15, 0.2) is 55.2 Å². The molecule has 0 radical (unpaired) electrons. The lowest BCUT2D eigenvalue weighted by molar-refractivity contribution is -0.115. The van der Waals surface area contributed by atoms with Crippen LogP contribution >= 0.6 is 0 Å². The van der Waals surface area contributed by atoms with Crippen LogP contribution in [0, 0.1) is 12.7 Å². The number of H-pyrrole nitrogens is 1. The molecule has 0 unspecified atom stereocenters. The Hall–Kier alpha value is -4.08. The number of aromatic nitrogens is 5. The Kier molecular flexibility index (Phi) is 6.40. The van der Waals surface area contributed by atoms with Gasteiger partial charge in [-0.05, 0) is 30.2 Å². The highest BCUT2D eigenvalue weighted by atomic mass is 19.3. The monoisotopic (exact) mass is 466 g/mol. The highest BCUT2D eigenvalue weighted by Crippen LogP contribution is 2.30. The summed E-state index contributed by atoms with van der Waals surface area (Å²) in [5, 5.41) is 9.13. The molecule has 174 valence electrons. The van der Waals surface area contributed by atoms with Crippen LogP contribution in [0.3, 0.4) is 0 Å². The predicted molar refractivity (Wildman–Crippen MR) is 120 cm³/mol. The van der Waals surface area contributed by atoms with Crippen molar-refractivity contribution < 1.29 is 18.0 Å². The summed E-state index contributed by atoms with van der Waals surface area (Å²) in [4.78, 5) is 24.9. The van der Waals surface area contributed by atoms with Crippen LogP contribution in [0.2, 0.25) is 0 Å². The van der Waals surface area contributed by atoms with E-state index in [-0.39, 0.29) is 23.4 Å². The van der Waals surface area contributed by atoms with Crippen molar-refractivity contribution in [1.29, 1.82) is 0 Å². The number of aromatic amines is 1. The van der Waals surface area contributed by atoms with E-state index < -0.39 is 17.6 Å². The van der Waals surface area contributed by atoms with Gasteiger partial charge in [0.05, 0.1) is 24.5 Å². The molecule has 4 rings (SSSR count). The smallest absolute Gasteiger partial charge is 0.272 e. The van der Waals surface area contributed by atoms with Crippen molar-refractivity contribution in [2.45, 2.75) is 32.6 Å². The number of amides is 1. The third-order valence-corrected chi connectivity index (χ3v) is 5.18. The van der Waals surface area contributed by atoms with Crippen LogP contribution in [0.25, 0.3) is 11.1 Å². The molecule has 3 heterocycles. The molecular formula is C24H21F3N6O. The highest BCUT2D eigenvalue weighted by Gasteiger charge is 2.27. The van der Waals surface area contributed by atoms with E-state index in [0.717, 1.165) is 12.5 Å². The predicted octanol–water partition coefficient (Wildman–Crippen LogP) is 4.59. The van der Waals surface area contributed by atoms with Crippen LogP contribution < -0.4 is 5.32 Å². The number of hydrogen-bond donors (Lipinski definition) is 2. The first-order valence-electron chi connectivity index (χ1n) is 10.4. The standard InChI is InChI=1S/C24H21F3N6O/c1-14-20(24(2,26)27)8-18(13-28-14)33-23(34)7-15-3-4-19(21(25)5-15)17-11-29-22(30-12-17)6-16-9-31-32-10-16/h3-5,8-13H,6-7H2,1-2H3,(H,31,32)(H,33,34). The average molecular weight is 466 g/mol. The van der Waals surface area contributed by atoms with E-state index in [9.17, 15) is 18.0 Å². The molecule has 3 aromatic heterocycles. The maximum atomic E-state index is 14.8. The molecular weight excluding hydrogens is 445 g/mol. The number of rotatable bonds is 7. The van der Waals surface area contributed by atoms with Gasteiger partial charge in [-0.2, -0.15) is 5.10 Å². The fraction of sp³-hybridized carbons (Fsp3) is 0.208. The van der Waals surface area contributed by atoms with Gasteiger partial charge in [-0.3, -0.25) is 14.9 Å². The molecule has 0 spiro atoms. The molecule has 4 aromatic rings.